The van der Waals surface area contributed by atoms with Gasteiger partial charge in [-0.05, 0) is 24.1 Å². The molecule has 1 aliphatic rings. The van der Waals surface area contributed by atoms with Gasteiger partial charge < -0.3 is 15.3 Å². The monoisotopic (exact) mass is 308 g/mol. The molecule has 0 spiro atoms. The molecule has 1 amide bonds. The number of halogens is 1. The SMILES string of the molecule is CCC1C(=O)NCCN1c1c(Cl)cccc1/C=C/C(=O)O. The van der Waals surface area contributed by atoms with Gasteiger partial charge in [-0.25, -0.2) is 4.79 Å². The molecule has 1 fully saturated rings. The predicted molar refractivity (Wildman–Crippen MR) is 82.6 cm³/mol. The first-order valence-corrected chi connectivity index (χ1v) is 7.16. The number of nitrogens with zero attached hydrogens (tertiary/aromatic N) is 1. The molecule has 0 aromatic heterocycles. The molecule has 21 heavy (non-hydrogen) atoms. The van der Waals surface area contributed by atoms with Crippen molar-refractivity contribution in [3.8, 4) is 0 Å². The van der Waals surface area contributed by atoms with Gasteiger partial charge in [0, 0.05) is 19.2 Å². The van der Waals surface area contributed by atoms with Gasteiger partial charge in [0.25, 0.3) is 0 Å². The van der Waals surface area contributed by atoms with Crippen molar-refractivity contribution in [2.24, 2.45) is 0 Å². The Morgan fingerprint density at radius 3 is 3.00 bits per heavy atom. The summed E-state index contributed by atoms with van der Waals surface area (Å²) in [7, 11) is 0. The molecule has 1 heterocycles. The average molecular weight is 309 g/mol. The van der Waals surface area contributed by atoms with Crippen LogP contribution < -0.4 is 10.2 Å². The number of rotatable bonds is 4. The molecule has 1 aliphatic heterocycles. The van der Waals surface area contributed by atoms with Crippen LogP contribution in [0.15, 0.2) is 24.3 Å². The van der Waals surface area contributed by atoms with Gasteiger partial charge in [-0.15, -0.1) is 0 Å². The number of amides is 1. The van der Waals surface area contributed by atoms with Crippen molar-refractivity contribution in [1.29, 1.82) is 0 Å². The predicted octanol–water partition coefficient (Wildman–Crippen LogP) is 2.15. The Kier molecular flexibility index (Phi) is 4.85. The Morgan fingerprint density at radius 2 is 2.33 bits per heavy atom. The minimum atomic E-state index is -1.02. The minimum absolute atomic E-state index is 0.0307. The molecule has 1 unspecified atom stereocenters. The van der Waals surface area contributed by atoms with Crippen molar-refractivity contribution < 1.29 is 14.7 Å². The van der Waals surface area contributed by atoms with Gasteiger partial charge in [0.05, 0.1) is 10.7 Å². The van der Waals surface area contributed by atoms with E-state index in [1.165, 1.54) is 6.08 Å². The molecular weight excluding hydrogens is 292 g/mol. The van der Waals surface area contributed by atoms with Crippen LogP contribution in [0.5, 0.6) is 0 Å². The van der Waals surface area contributed by atoms with Gasteiger partial charge in [0.2, 0.25) is 5.91 Å². The second kappa shape index (κ2) is 6.63. The summed E-state index contributed by atoms with van der Waals surface area (Å²) in [6.07, 6.45) is 3.22. The fraction of sp³-hybridized carbons (Fsp3) is 0.333. The van der Waals surface area contributed by atoms with Gasteiger partial charge in [0.1, 0.15) is 6.04 Å². The molecular formula is C15H17ClN2O3. The first-order chi connectivity index (χ1) is 10.0. The normalized spacial score (nSPS) is 18.9. The molecule has 6 heteroatoms. The summed E-state index contributed by atoms with van der Waals surface area (Å²) >= 11 is 6.29. The largest absolute Gasteiger partial charge is 0.478 e. The van der Waals surface area contributed by atoms with Crippen molar-refractivity contribution in [1.82, 2.24) is 5.32 Å². The Bertz CT molecular complexity index is 586. The van der Waals surface area contributed by atoms with E-state index in [0.717, 1.165) is 6.08 Å². The number of carboxylic acids is 1. The molecule has 1 aromatic carbocycles. The molecule has 1 aromatic rings. The number of piperazine rings is 1. The molecule has 2 rings (SSSR count). The van der Waals surface area contributed by atoms with Crippen molar-refractivity contribution in [2.75, 3.05) is 18.0 Å². The molecule has 0 bridgehead atoms. The fourth-order valence-corrected chi connectivity index (χ4v) is 2.81. The summed E-state index contributed by atoms with van der Waals surface area (Å²) in [5, 5.41) is 12.1. The van der Waals surface area contributed by atoms with Gasteiger partial charge in [-0.1, -0.05) is 30.7 Å². The van der Waals surface area contributed by atoms with E-state index in [-0.39, 0.29) is 11.9 Å². The van der Waals surface area contributed by atoms with Crippen LogP contribution in [-0.2, 0) is 9.59 Å². The van der Waals surface area contributed by atoms with Crippen molar-refractivity contribution in [2.45, 2.75) is 19.4 Å². The maximum atomic E-state index is 12.0. The van der Waals surface area contributed by atoms with Crippen LogP contribution in [0.25, 0.3) is 6.08 Å². The zero-order valence-corrected chi connectivity index (χ0v) is 12.4. The fourth-order valence-electron chi connectivity index (χ4n) is 2.52. The lowest BCUT2D eigenvalue weighted by molar-refractivity contribution is -0.131. The molecule has 0 saturated carbocycles. The number of hydrogen-bond donors (Lipinski definition) is 2. The first kappa shape index (κ1) is 15.4. The number of hydrogen-bond acceptors (Lipinski definition) is 3. The first-order valence-electron chi connectivity index (χ1n) is 6.78. The van der Waals surface area contributed by atoms with Crippen molar-refractivity contribution in [3.63, 3.8) is 0 Å². The number of benzene rings is 1. The van der Waals surface area contributed by atoms with Crippen LogP contribution >= 0.6 is 11.6 Å². The van der Waals surface area contributed by atoms with Crippen LogP contribution in [0.2, 0.25) is 5.02 Å². The number of nitrogens with one attached hydrogen (secondary N) is 1. The number of carboxylic acid groups (broad SMARTS) is 1. The van der Waals surface area contributed by atoms with E-state index < -0.39 is 5.97 Å². The van der Waals surface area contributed by atoms with Crippen LogP contribution in [0.3, 0.4) is 0 Å². The molecule has 0 radical (unpaired) electrons. The van der Waals surface area contributed by atoms with Gasteiger partial charge in [-0.2, -0.15) is 0 Å². The average Bonchev–Trinajstić information content (AvgIpc) is 2.45. The maximum absolute atomic E-state index is 12.0. The summed E-state index contributed by atoms with van der Waals surface area (Å²) in [6.45, 7) is 3.12. The third-order valence-corrected chi connectivity index (χ3v) is 3.73. The van der Waals surface area contributed by atoms with Gasteiger partial charge in [0.15, 0.2) is 0 Å². The number of anilines is 1. The van der Waals surface area contributed by atoms with Crippen LogP contribution in [0.1, 0.15) is 18.9 Å². The Morgan fingerprint density at radius 1 is 1.57 bits per heavy atom. The maximum Gasteiger partial charge on any atom is 0.328 e. The van der Waals surface area contributed by atoms with E-state index in [1.807, 2.05) is 11.8 Å². The van der Waals surface area contributed by atoms with Crippen LogP contribution in [-0.4, -0.2) is 36.1 Å². The number of carbonyl (C=O) groups excluding carboxylic acids is 1. The molecule has 0 aliphatic carbocycles. The van der Waals surface area contributed by atoms with E-state index in [0.29, 0.717) is 35.8 Å². The number of carbonyl (C=O) groups is 2. The zero-order valence-electron chi connectivity index (χ0n) is 11.7. The summed E-state index contributed by atoms with van der Waals surface area (Å²) in [5.74, 6) is -1.05. The lowest BCUT2D eigenvalue weighted by Crippen LogP contribution is -2.55. The lowest BCUT2D eigenvalue weighted by Gasteiger charge is -2.37. The van der Waals surface area contributed by atoms with E-state index in [9.17, 15) is 9.59 Å². The second-order valence-electron chi connectivity index (χ2n) is 4.76. The highest BCUT2D eigenvalue weighted by Gasteiger charge is 2.30. The quantitative estimate of drug-likeness (QED) is 0.836. The third-order valence-electron chi connectivity index (χ3n) is 3.43. The Labute approximate surface area is 128 Å². The highest BCUT2D eigenvalue weighted by molar-refractivity contribution is 6.33. The molecule has 1 saturated heterocycles. The Hall–Kier alpha value is -2.01. The van der Waals surface area contributed by atoms with Crippen molar-refractivity contribution >= 4 is 35.2 Å². The summed E-state index contributed by atoms with van der Waals surface area (Å²) in [6, 6.07) is 5.00. The summed E-state index contributed by atoms with van der Waals surface area (Å²) in [5.41, 5.74) is 1.40. The van der Waals surface area contributed by atoms with Crippen LogP contribution in [0.4, 0.5) is 5.69 Å². The number of aliphatic carboxylic acids is 1. The standard InChI is InChI=1S/C15H17ClN2O3/c1-2-12-15(21)17-8-9-18(12)14-10(6-7-13(19)20)4-3-5-11(14)16/h3-7,12H,2,8-9H2,1H3,(H,17,21)(H,19,20)/b7-6+. The smallest absolute Gasteiger partial charge is 0.328 e. The third kappa shape index (κ3) is 3.36. The van der Waals surface area contributed by atoms with E-state index >= 15 is 0 Å². The Balaban J connectivity index is 2.46. The zero-order chi connectivity index (χ0) is 15.4. The van der Waals surface area contributed by atoms with Gasteiger partial charge >= 0.3 is 5.97 Å². The van der Waals surface area contributed by atoms with E-state index in [2.05, 4.69) is 5.32 Å². The summed E-state index contributed by atoms with van der Waals surface area (Å²) in [4.78, 5) is 24.7. The second-order valence-corrected chi connectivity index (χ2v) is 5.16. The lowest BCUT2D eigenvalue weighted by atomic mass is 10.0. The molecule has 2 N–H and O–H groups in total. The number of para-hydroxylation sites is 1. The topological polar surface area (TPSA) is 69.6 Å². The van der Waals surface area contributed by atoms with Gasteiger partial charge in [-0.3, -0.25) is 4.79 Å². The highest BCUT2D eigenvalue weighted by atomic mass is 35.5. The highest BCUT2D eigenvalue weighted by Crippen LogP contribution is 2.33. The van der Waals surface area contributed by atoms with E-state index in [1.54, 1.807) is 18.2 Å². The minimum Gasteiger partial charge on any atom is -0.478 e. The molecule has 1 atom stereocenters. The van der Waals surface area contributed by atoms with Crippen molar-refractivity contribution in [3.05, 3.63) is 34.9 Å². The summed E-state index contributed by atoms with van der Waals surface area (Å²) < 4.78 is 0. The van der Waals surface area contributed by atoms with E-state index in [4.69, 9.17) is 16.7 Å². The van der Waals surface area contributed by atoms with Crippen LogP contribution in [0, 0.1) is 0 Å². The molecule has 5 nitrogen and oxygen atoms in total. The molecule has 112 valence electrons.